The fourth-order valence-corrected chi connectivity index (χ4v) is 3.29. The quantitative estimate of drug-likeness (QED) is 0.569. The summed E-state index contributed by atoms with van der Waals surface area (Å²) < 4.78 is 45.2. The molecule has 0 spiro atoms. The van der Waals surface area contributed by atoms with Crippen molar-refractivity contribution in [2.45, 2.75) is 38.1 Å². The number of pyridine rings is 1. The lowest BCUT2D eigenvalue weighted by molar-refractivity contribution is -0.139. The second-order valence-electron chi connectivity index (χ2n) is 7.12. The number of hydrogen-bond donors (Lipinski definition) is 0. The Morgan fingerprint density at radius 3 is 2.61 bits per heavy atom. The molecule has 0 aliphatic heterocycles. The molecule has 1 aliphatic carbocycles. The highest BCUT2D eigenvalue weighted by atomic mass is 35.5. The first-order valence-electron chi connectivity index (χ1n) is 9.37. The van der Waals surface area contributed by atoms with Crippen molar-refractivity contribution in [3.63, 3.8) is 0 Å². The first-order valence-corrected chi connectivity index (χ1v) is 9.74. The lowest BCUT2D eigenvalue weighted by atomic mass is 10.2. The van der Waals surface area contributed by atoms with Crippen LogP contribution in [0.4, 0.5) is 13.2 Å². The number of hydrogen-bond acceptors (Lipinski definition) is 5. The van der Waals surface area contributed by atoms with Crippen LogP contribution < -0.4 is 5.56 Å². The van der Waals surface area contributed by atoms with Crippen molar-refractivity contribution in [2.75, 3.05) is 0 Å². The number of amides is 1. The van der Waals surface area contributed by atoms with Crippen molar-refractivity contribution < 1.29 is 22.4 Å². The average molecular weight is 453 g/mol. The van der Waals surface area contributed by atoms with E-state index in [-0.39, 0.29) is 24.4 Å². The number of carbonyl (C=O) groups is 1. The van der Waals surface area contributed by atoms with E-state index in [1.807, 2.05) is 0 Å². The molecule has 3 aromatic rings. The van der Waals surface area contributed by atoms with Crippen LogP contribution in [-0.2, 0) is 24.1 Å². The van der Waals surface area contributed by atoms with E-state index in [2.05, 4.69) is 10.2 Å². The van der Waals surface area contributed by atoms with Crippen molar-refractivity contribution in [3.05, 3.63) is 69.4 Å². The smallest absolute Gasteiger partial charge is 0.417 e. The van der Waals surface area contributed by atoms with E-state index in [9.17, 15) is 22.8 Å². The van der Waals surface area contributed by atoms with Gasteiger partial charge in [0.1, 0.15) is 6.54 Å². The van der Waals surface area contributed by atoms with E-state index in [0.29, 0.717) is 22.8 Å². The van der Waals surface area contributed by atoms with E-state index in [1.165, 1.54) is 4.90 Å². The van der Waals surface area contributed by atoms with Gasteiger partial charge in [-0.1, -0.05) is 23.7 Å². The van der Waals surface area contributed by atoms with Gasteiger partial charge in [0.15, 0.2) is 0 Å². The molecule has 1 saturated carbocycles. The van der Waals surface area contributed by atoms with Gasteiger partial charge in [0.2, 0.25) is 17.7 Å². The summed E-state index contributed by atoms with van der Waals surface area (Å²) in [6.45, 7) is -0.542. The molecule has 0 unspecified atom stereocenters. The highest BCUT2D eigenvalue weighted by Crippen LogP contribution is 2.31. The monoisotopic (exact) mass is 452 g/mol. The topological polar surface area (TPSA) is 81.2 Å². The van der Waals surface area contributed by atoms with Crippen LogP contribution >= 0.6 is 11.6 Å². The van der Waals surface area contributed by atoms with Crippen LogP contribution in [0.1, 0.15) is 24.3 Å². The Morgan fingerprint density at radius 2 is 1.94 bits per heavy atom. The first kappa shape index (κ1) is 21.1. The average Bonchev–Trinajstić information content (AvgIpc) is 3.45. The van der Waals surface area contributed by atoms with E-state index in [0.717, 1.165) is 23.5 Å². The molecule has 1 aromatic carbocycles. The third kappa shape index (κ3) is 4.79. The predicted molar refractivity (Wildman–Crippen MR) is 104 cm³/mol. The number of benzene rings is 1. The van der Waals surface area contributed by atoms with Gasteiger partial charge in [0.25, 0.3) is 5.56 Å². The summed E-state index contributed by atoms with van der Waals surface area (Å²) in [5.41, 5.74) is -1.15. The van der Waals surface area contributed by atoms with E-state index in [4.69, 9.17) is 16.0 Å². The number of rotatable bonds is 6. The van der Waals surface area contributed by atoms with Crippen molar-refractivity contribution in [3.8, 4) is 11.5 Å². The Bertz CT molecular complexity index is 1170. The van der Waals surface area contributed by atoms with Crippen LogP contribution in [0.5, 0.6) is 0 Å². The van der Waals surface area contributed by atoms with E-state index >= 15 is 0 Å². The third-order valence-electron chi connectivity index (χ3n) is 4.80. The highest BCUT2D eigenvalue weighted by Gasteiger charge is 2.35. The van der Waals surface area contributed by atoms with Crippen LogP contribution in [0.2, 0.25) is 5.02 Å². The van der Waals surface area contributed by atoms with Crippen molar-refractivity contribution in [1.82, 2.24) is 19.7 Å². The SMILES string of the molecule is O=C(Cn1cc(C(F)(F)F)ccc1=O)N(Cc1nnc(-c2ccccc2Cl)o1)C1CC1. The normalized spacial score (nSPS) is 13.9. The molecule has 0 saturated heterocycles. The van der Waals surface area contributed by atoms with Crippen molar-refractivity contribution >= 4 is 17.5 Å². The molecule has 4 rings (SSSR count). The van der Waals surface area contributed by atoms with Crippen LogP contribution in [0.3, 0.4) is 0 Å². The molecule has 0 bridgehead atoms. The zero-order valence-corrected chi connectivity index (χ0v) is 16.7. The second kappa shape index (κ2) is 8.18. The highest BCUT2D eigenvalue weighted by molar-refractivity contribution is 6.33. The Morgan fingerprint density at radius 1 is 1.19 bits per heavy atom. The molecule has 0 radical (unpaired) electrons. The second-order valence-corrected chi connectivity index (χ2v) is 7.52. The minimum absolute atomic E-state index is 0.0192. The zero-order chi connectivity index (χ0) is 22.2. The molecule has 7 nitrogen and oxygen atoms in total. The van der Waals surface area contributed by atoms with Crippen LogP contribution in [0.25, 0.3) is 11.5 Å². The van der Waals surface area contributed by atoms with Gasteiger partial charge in [-0.15, -0.1) is 10.2 Å². The van der Waals surface area contributed by atoms with Crippen LogP contribution in [-0.4, -0.2) is 31.6 Å². The van der Waals surface area contributed by atoms with Crippen molar-refractivity contribution in [2.24, 2.45) is 0 Å². The molecule has 1 fully saturated rings. The number of alkyl halides is 3. The molecule has 0 N–H and O–H groups in total. The summed E-state index contributed by atoms with van der Waals surface area (Å²) in [7, 11) is 0. The van der Waals surface area contributed by atoms with Crippen LogP contribution in [0, 0.1) is 0 Å². The molecular formula is C20H16ClF3N4O3. The van der Waals surface area contributed by atoms with Gasteiger partial charge in [0.05, 0.1) is 22.7 Å². The third-order valence-corrected chi connectivity index (χ3v) is 5.13. The number of carbonyl (C=O) groups excluding carboxylic acids is 1. The number of halogens is 4. The molecular weight excluding hydrogens is 437 g/mol. The molecule has 0 atom stereocenters. The maximum Gasteiger partial charge on any atom is 0.417 e. The minimum atomic E-state index is -4.62. The van der Waals surface area contributed by atoms with Crippen molar-refractivity contribution in [1.29, 1.82) is 0 Å². The van der Waals surface area contributed by atoms with Gasteiger partial charge in [-0.05, 0) is 31.0 Å². The summed E-state index contributed by atoms with van der Waals surface area (Å²) in [5, 5.41) is 8.33. The standard InChI is InChI=1S/C20H16ClF3N4O3/c21-15-4-2-1-3-14(15)19-26-25-16(31-19)10-28(13-6-7-13)18(30)11-27-9-12(20(22,23)24)5-8-17(27)29/h1-5,8-9,13H,6-7,10-11H2. The Kier molecular flexibility index (Phi) is 5.57. The summed E-state index contributed by atoms with van der Waals surface area (Å²) >= 11 is 6.13. The van der Waals surface area contributed by atoms with Gasteiger partial charge < -0.3 is 13.9 Å². The summed E-state index contributed by atoms with van der Waals surface area (Å²) in [6.07, 6.45) is -2.48. The number of aromatic nitrogens is 3. The maximum absolute atomic E-state index is 12.9. The maximum atomic E-state index is 12.9. The molecule has 31 heavy (non-hydrogen) atoms. The minimum Gasteiger partial charge on any atom is -0.419 e. The summed E-state index contributed by atoms with van der Waals surface area (Å²) in [5.74, 6) is -0.161. The van der Waals surface area contributed by atoms with Gasteiger partial charge in [-0.2, -0.15) is 13.2 Å². The zero-order valence-electron chi connectivity index (χ0n) is 16.0. The van der Waals surface area contributed by atoms with Gasteiger partial charge >= 0.3 is 6.18 Å². The molecule has 162 valence electrons. The van der Waals surface area contributed by atoms with E-state index in [1.54, 1.807) is 24.3 Å². The fourth-order valence-electron chi connectivity index (χ4n) is 3.07. The molecule has 2 heterocycles. The Balaban J connectivity index is 1.52. The molecule has 1 amide bonds. The lowest BCUT2D eigenvalue weighted by Crippen LogP contribution is -2.37. The summed E-state index contributed by atoms with van der Waals surface area (Å²) in [6, 6.07) is 8.30. The molecule has 1 aliphatic rings. The van der Waals surface area contributed by atoms with Gasteiger partial charge in [-0.3, -0.25) is 9.59 Å². The van der Waals surface area contributed by atoms with Gasteiger partial charge in [-0.25, -0.2) is 0 Å². The predicted octanol–water partition coefficient (Wildman–Crippen LogP) is 3.76. The Hall–Kier alpha value is -3.14. The molecule has 2 aromatic heterocycles. The summed E-state index contributed by atoms with van der Waals surface area (Å²) in [4.78, 5) is 26.2. The fraction of sp³-hybridized carbons (Fsp3) is 0.300. The first-order chi connectivity index (χ1) is 14.7. The van der Waals surface area contributed by atoms with E-state index < -0.39 is 29.8 Å². The largest absolute Gasteiger partial charge is 0.419 e. The number of nitrogens with zero attached hydrogens (tertiary/aromatic N) is 4. The molecule has 11 heteroatoms. The Labute approximate surface area is 179 Å². The van der Waals surface area contributed by atoms with Gasteiger partial charge in [0, 0.05) is 18.3 Å². The lowest BCUT2D eigenvalue weighted by Gasteiger charge is -2.21. The van der Waals surface area contributed by atoms with Crippen LogP contribution in [0.15, 0.2) is 51.8 Å².